The van der Waals surface area contributed by atoms with Crippen molar-refractivity contribution in [2.24, 2.45) is 5.73 Å². The van der Waals surface area contributed by atoms with Gasteiger partial charge in [-0.1, -0.05) is 42.5 Å². The number of nitrogens with two attached hydrogens (primary N) is 1. The molecule has 1 fully saturated rings. The standard InChI is InChI=1S/C14H15N3O3S/c15-12(21)11(8-4-2-1-3-5-8)14(20)16-9-6-7-10(18)17-13(9)19/h1-5,9,11H,6-7H2,(H2,15,21)(H,16,20)(H,17,18,19). The van der Waals surface area contributed by atoms with Gasteiger partial charge in [0.1, 0.15) is 12.0 Å². The number of imide groups is 1. The van der Waals surface area contributed by atoms with Crippen molar-refractivity contribution in [2.75, 3.05) is 0 Å². The van der Waals surface area contributed by atoms with Gasteiger partial charge in [0.25, 0.3) is 0 Å². The van der Waals surface area contributed by atoms with Gasteiger partial charge in [-0.05, 0) is 12.0 Å². The van der Waals surface area contributed by atoms with E-state index in [-0.39, 0.29) is 23.7 Å². The van der Waals surface area contributed by atoms with E-state index in [1.54, 1.807) is 24.3 Å². The number of hydrogen-bond donors (Lipinski definition) is 3. The number of carbonyl (C=O) groups is 3. The van der Waals surface area contributed by atoms with Gasteiger partial charge in [-0.25, -0.2) is 0 Å². The molecule has 6 nitrogen and oxygen atoms in total. The smallest absolute Gasteiger partial charge is 0.249 e. The van der Waals surface area contributed by atoms with E-state index in [9.17, 15) is 14.4 Å². The Hall–Kier alpha value is -2.28. The lowest BCUT2D eigenvalue weighted by atomic mass is 9.97. The van der Waals surface area contributed by atoms with Crippen LogP contribution in [0.3, 0.4) is 0 Å². The van der Waals surface area contributed by atoms with E-state index in [4.69, 9.17) is 18.0 Å². The molecule has 21 heavy (non-hydrogen) atoms. The summed E-state index contributed by atoms with van der Waals surface area (Å²) in [5.41, 5.74) is 6.31. The van der Waals surface area contributed by atoms with E-state index in [0.29, 0.717) is 5.56 Å². The molecule has 2 rings (SSSR count). The first kappa shape index (κ1) is 15.1. The molecule has 0 aromatic heterocycles. The Kier molecular flexibility index (Phi) is 4.64. The Labute approximate surface area is 127 Å². The summed E-state index contributed by atoms with van der Waals surface area (Å²) < 4.78 is 0. The van der Waals surface area contributed by atoms with Gasteiger partial charge in [0.05, 0.1) is 4.99 Å². The Morgan fingerprint density at radius 3 is 2.57 bits per heavy atom. The molecule has 110 valence electrons. The molecule has 1 aromatic rings. The summed E-state index contributed by atoms with van der Waals surface area (Å²) >= 11 is 4.95. The lowest BCUT2D eigenvalue weighted by Gasteiger charge is -2.24. The number of nitrogens with one attached hydrogen (secondary N) is 2. The highest BCUT2D eigenvalue weighted by atomic mass is 32.1. The minimum atomic E-state index is -0.799. The third-order valence-corrected chi connectivity index (χ3v) is 3.47. The zero-order chi connectivity index (χ0) is 15.4. The lowest BCUT2D eigenvalue weighted by molar-refractivity contribution is -0.137. The topological polar surface area (TPSA) is 101 Å². The second kappa shape index (κ2) is 6.45. The van der Waals surface area contributed by atoms with Crippen molar-refractivity contribution in [3.8, 4) is 0 Å². The molecule has 1 aromatic carbocycles. The summed E-state index contributed by atoms with van der Waals surface area (Å²) in [7, 11) is 0. The van der Waals surface area contributed by atoms with Crippen molar-refractivity contribution in [3.63, 3.8) is 0 Å². The minimum absolute atomic E-state index is 0.0333. The van der Waals surface area contributed by atoms with Gasteiger partial charge in [0.15, 0.2) is 0 Å². The number of piperidine rings is 1. The summed E-state index contributed by atoms with van der Waals surface area (Å²) in [6, 6.07) is 8.12. The van der Waals surface area contributed by atoms with Crippen LogP contribution in [0.15, 0.2) is 30.3 Å². The first-order valence-electron chi connectivity index (χ1n) is 6.47. The van der Waals surface area contributed by atoms with Crippen LogP contribution in [0.5, 0.6) is 0 Å². The zero-order valence-electron chi connectivity index (χ0n) is 11.2. The molecule has 0 aliphatic carbocycles. The molecule has 1 aliphatic heterocycles. The molecule has 3 amide bonds. The molecule has 2 atom stereocenters. The summed E-state index contributed by atoms with van der Waals surface area (Å²) in [4.78, 5) is 35.1. The summed E-state index contributed by atoms with van der Waals surface area (Å²) in [5.74, 6) is -2.08. The van der Waals surface area contributed by atoms with Crippen LogP contribution in [-0.4, -0.2) is 28.8 Å². The van der Waals surface area contributed by atoms with Gasteiger partial charge >= 0.3 is 0 Å². The molecule has 0 saturated carbocycles. The minimum Gasteiger partial charge on any atom is -0.392 e. The molecule has 4 N–H and O–H groups in total. The number of rotatable bonds is 4. The SMILES string of the molecule is NC(=S)C(C(=O)NC1CCC(=O)NC1=O)c1ccccc1. The van der Waals surface area contributed by atoms with Gasteiger partial charge < -0.3 is 11.1 Å². The highest BCUT2D eigenvalue weighted by Crippen LogP contribution is 2.17. The van der Waals surface area contributed by atoms with Crippen LogP contribution in [0.4, 0.5) is 0 Å². The van der Waals surface area contributed by atoms with E-state index in [1.165, 1.54) is 0 Å². The maximum atomic E-state index is 12.3. The molecule has 7 heteroatoms. The van der Waals surface area contributed by atoms with Crippen molar-refractivity contribution in [1.29, 1.82) is 0 Å². The Morgan fingerprint density at radius 2 is 2.00 bits per heavy atom. The van der Waals surface area contributed by atoms with Crippen LogP contribution >= 0.6 is 12.2 Å². The number of hydrogen-bond acceptors (Lipinski definition) is 4. The number of benzene rings is 1. The largest absolute Gasteiger partial charge is 0.392 e. The quantitative estimate of drug-likeness (QED) is 0.536. The molecule has 0 radical (unpaired) electrons. The van der Waals surface area contributed by atoms with Crippen molar-refractivity contribution in [3.05, 3.63) is 35.9 Å². The van der Waals surface area contributed by atoms with Crippen LogP contribution in [0.1, 0.15) is 24.3 Å². The molecule has 0 spiro atoms. The van der Waals surface area contributed by atoms with Crippen LogP contribution in [0.25, 0.3) is 0 Å². The van der Waals surface area contributed by atoms with Crippen LogP contribution in [-0.2, 0) is 14.4 Å². The molecule has 0 bridgehead atoms. The number of thiocarbonyl (C=S) groups is 1. The average Bonchev–Trinajstić information content (AvgIpc) is 2.43. The molecule has 1 heterocycles. The maximum Gasteiger partial charge on any atom is 0.249 e. The normalized spacial score (nSPS) is 19.5. The van der Waals surface area contributed by atoms with Crippen molar-refractivity contribution < 1.29 is 14.4 Å². The zero-order valence-corrected chi connectivity index (χ0v) is 12.0. The summed E-state index contributed by atoms with van der Waals surface area (Å²) in [6.07, 6.45) is 0.467. The fraction of sp³-hybridized carbons (Fsp3) is 0.286. The third-order valence-electron chi connectivity index (χ3n) is 3.24. The first-order chi connectivity index (χ1) is 9.99. The predicted molar refractivity (Wildman–Crippen MR) is 80.3 cm³/mol. The maximum absolute atomic E-state index is 12.3. The van der Waals surface area contributed by atoms with Crippen LogP contribution < -0.4 is 16.4 Å². The van der Waals surface area contributed by atoms with E-state index in [1.807, 2.05) is 6.07 Å². The van der Waals surface area contributed by atoms with Crippen molar-refractivity contribution in [1.82, 2.24) is 10.6 Å². The van der Waals surface area contributed by atoms with Gasteiger partial charge in [0, 0.05) is 6.42 Å². The Bertz CT molecular complexity index is 588. The van der Waals surface area contributed by atoms with Crippen molar-refractivity contribution in [2.45, 2.75) is 24.8 Å². The fourth-order valence-electron chi connectivity index (χ4n) is 2.18. The molecule has 1 saturated heterocycles. The molecular weight excluding hydrogens is 290 g/mol. The second-order valence-corrected chi connectivity index (χ2v) is 5.23. The third kappa shape index (κ3) is 3.63. The molecular formula is C14H15N3O3S. The lowest BCUT2D eigenvalue weighted by Crippen LogP contribution is -2.53. The van der Waals surface area contributed by atoms with Crippen molar-refractivity contribution >= 4 is 34.9 Å². The second-order valence-electron chi connectivity index (χ2n) is 4.76. The van der Waals surface area contributed by atoms with E-state index in [0.717, 1.165) is 0 Å². The van der Waals surface area contributed by atoms with E-state index < -0.39 is 23.8 Å². The monoisotopic (exact) mass is 305 g/mol. The van der Waals surface area contributed by atoms with Crippen LogP contribution in [0.2, 0.25) is 0 Å². The fourth-order valence-corrected chi connectivity index (χ4v) is 2.42. The number of carbonyl (C=O) groups excluding carboxylic acids is 3. The van der Waals surface area contributed by atoms with E-state index >= 15 is 0 Å². The van der Waals surface area contributed by atoms with Crippen LogP contribution in [0, 0.1) is 0 Å². The highest BCUT2D eigenvalue weighted by Gasteiger charge is 2.31. The van der Waals surface area contributed by atoms with Gasteiger partial charge in [-0.2, -0.15) is 0 Å². The Morgan fingerprint density at radius 1 is 1.33 bits per heavy atom. The van der Waals surface area contributed by atoms with E-state index in [2.05, 4.69) is 10.6 Å². The molecule has 1 aliphatic rings. The van der Waals surface area contributed by atoms with Gasteiger partial charge in [-0.15, -0.1) is 0 Å². The number of amides is 3. The summed E-state index contributed by atoms with van der Waals surface area (Å²) in [6.45, 7) is 0. The molecule has 2 unspecified atom stereocenters. The summed E-state index contributed by atoms with van der Waals surface area (Å²) in [5, 5.41) is 4.78. The highest BCUT2D eigenvalue weighted by molar-refractivity contribution is 7.80. The first-order valence-corrected chi connectivity index (χ1v) is 6.88. The Balaban J connectivity index is 2.11. The van der Waals surface area contributed by atoms with Gasteiger partial charge in [0.2, 0.25) is 17.7 Å². The average molecular weight is 305 g/mol. The predicted octanol–water partition coefficient (Wildman–Crippen LogP) is -0.0223. The van der Waals surface area contributed by atoms with Gasteiger partial charge in [-0.3, -0.25) is 19.7 Å².